The SMILES string of the molecule is CCCN(CC(N)=NO)C1CCOC2(CCC2)C1. The van der Waals surface area contributed by atoms with Crippen LogP contribution in [0.3, 0.4) is 0 Å². The van der Waals surface area contributed by atoms with Crippen LogP contribution in [0.15, 0.2) is 5.16 Å². The molecule has 0 aromatic carbocycles. The molecule has 1 unspecified atom stereocenters. The number of oxime groups is 1. The van der Waals surface area contributed by atoms with Crippen molar-refractivity contribution in [3.05, 3.63) is 0 Å². The Morgan fingerprint density at radius 2 is 2.33 bits per heavy atom. The predicted octanol–water partition coefficient (Wildman–Crippen LogP) is 1.55. The maximum atomic E-state index is 8.72. The Bertz CT molecular complexity index is 303. The summed E-state index contributed by atoms with van der Waals surface area (Å²) in [4.78, 5) is 2.34. The summed E-state index contributed by atoms with van der Waals surface area (Å²) < 4.78 is 5.95. The first-order valence-electron chi connectivity index (χ1n) is 7.03. The highest BCUT2D eigenvalue weighted by molar-refractivity contribution is 5.81. The van der Waals surface area contributed by atoms with Crippen molar-refractivity contribution in [3.8, 4) is 0 Å². The second-order valence-corrected chi connectivity index (χ2v) is 5.59. The van der Waals surface area contributed by atoms with Crippen LogP contribution in [-0.2, 0) is 4.74 Å². The summed E-state index contributed by atoms with van der Waals surface area (Å²) in [5, 5.41) is 11.8. The normalized spacial score (nSPS) is 27.4. The van der Waals surface area contributed by atoms with E-state index in [-0.39, 0.29) is 5.60 Å². The Hall–Kier alpha value is -0.810. The van der Waals surface area contributed by atoms with Gasteiger partial charge in [0.25, 0.3) is 0 Å². The molecule has 0 radical (unpaired) electrons. The Balaban J connectivity index is 1.96. The van der Waals surface area contributed by atoms with Gasteiger partial charge >= 0.3 is 0 Å². The number of nitrogens with zero attached hydrogens (tertiary/aromatic N) is 2. The number of nitrogens with two attached hydrogens (primary N) is 1. The Morgan fingerprint density at radius 1 is 1.56 bits per heavy atom. The molecule has 0 aromatic rings. The summed E-state index contributed by atoms with van der Waals surface area (Å²) in [6.07, 6.45) is 6.94. The van der Waals surface area contributed by atoms with E-state index in [2.05, 4.69) is 17.0 Å². The molecule has 0 amide bonds. The van der Waals surface area contributed by atoms with Gasteiger partial charge in [0.1, 0.15) is 0 Å². The third-order valence-electron chi connectivity index (χ3n) is 4.25. The van der Waals surface area contributed by atoms with E-state index in [4.69, 9.17) is 15.7 Å². The zero-order valence-corrected chi connectivity index (χ0v) is 11.3. The molecule has 1 saturated carbocycles. The van der Waals surface area contributed by atoms with Crippen LogP contribution in [0.5, 0.6) is 0 Å². The van der Waals surface area contributed by atoms with Crippen molar-refractivity contribution in [1.29, 1.82) is 0 Å². The van der Waals surface area contributed by atoms with Gasteiger partial charge in [0, 0.05) is 12.6 Å². The van der Waals surface area contributed by atoms with Crippen LogP contribution in [0.25, 0.3) is 0 Å². The van der Waals surface area contributed by atoms with Gasteiger partial charge in [-0.05, 0) is 45.1 Å². The van der Waals surface area contributed by atoms with Gasteiger partial charge in [-0.2, -0.15) is 0 Å². The van der Waals surface area contributed by atoms with E-state index in [0.717, 1.165) is 32.4 Å². The second kappa shape index (κ2) is 5.89. The lowest BCUT2D eigenvalue weighted by molar-refractivity contribution is -0.147. The standard InChI is InChI=1S/C13H25N3O2/c1-2-7-16(10-12(14)15-17)11-4-8-18-13(9-11)5-3-6-13/h11,17H,2-10H2,1H3,(H2,14,15). The molecule has 3 N–H and O–H groups in total. The maximum Gasteiger partial charge on any atom is 0.153 e. The molecule has 18 heavy (non-hydrogen) atoms. The van der Waals surface area contributed by atoms with Gasteiger partial charge in [-0.25, -0.2) is 0 Å². The van der Waals surface area contributed by atoms with Gasteiger partial charge in [-0.3, -0.25) is 4.90 Å². The highest BCUT2D eigenvalue weighted by Gasteiger charge is 2.43. The van der Waals surface area contributed by atoms with Gasteiger partial charge in [0.2, 0.25) is 0 Å². The van der Waals surface area contributed by atoms with Gasteiger partial charge in [-0.15, -0.1) is 0 Å². The second-order valence-electron chi connectivity index (χ2n) is 5.59. The Labute approximate surface area is 109 Å². The first-order chi connectivity index (χ1) is 8.69. The largest absolute Gasteiger partial charge is 0.409 e. The van der Waals surface area contributed by atoms with Crippen LogP contribution < -0.4 is 5.73 Å². The summed E-state index contributed by atoms with van der Waals surface area (Å²) in [6.45, 7) is 4.57. The van der Waals surface area contributed by atoms with Gasteiger partial charge in [0.15, 0.2) is 5.84 Å². The average Bonchev–Trinajstić information content (AvgIpc) is 2.36. The fraction of sp³-hybridized carbons (Fsp3) is 0.923. The van der Waals surface area contributed by atoms with E-state index >= 15 is 0 Å². The molecule has 2 rings (SSSR count). The monoisotopic (exact) mass is 255 g/mol. The van der Waals surface area contributed by atoms with E-state index in [9.17, 15) is 0 Å². The molecule has 5 nitrogen and oxygen atoms in total. The first-order valence-corrected chi connectivity index (χ1v) is 7.03. The predicted molar refractivity (Wildman–Crippen MR) is 70.8 cm³/mol. The Kier molecular flexibility index (Phi) is 4.45. The molecule has 2 aliphatic rings. The lowest BCUT2D eigenvalue weighted by Crippen LogP contribution is -2.53. The molecular weight excluding hydrogens is 230 g/mol. The quantitative estimate of drug-likeness (QED) is 0.338. The molecule has 5 heteroatoms. The van der Waals surface area contributed by atoms with Gasteiger partial charge in [0.05, 0.1) is 12.1 Å². The van der Waals surface area contributed by atoms with E-state index < -0.39 is 0 Å². The van der Waals surface area contributed by atoms with Gasteiger partial charge in [-0.1, -0.05) is 12.1 Å². The van der Waals surface area contributed by atoms with E-state index in [0.29, 0.717) is 18.4 Å². The summed E-state index contributed by atoms with van der Waals surface area (Å²) >= 11 is 0. The van der Waals surface area contributed by atoms with Crippen LogP contribution in [0.2, 0.25) is 0 Å². The zero-order chi connectivity index (χ0) is 13.0. The fourth-order valence-corrected chi connectivity index (χ4v) is 3.15. The van der Waals surface area contributed by atoms with Crippen LogP contribution >= 0.6 is 0 Å². The minimum absolute atomic E-state index is 0.153. The highest BCUT2D eigenvalue weighted by Crippen LogP contribution is 2.43. The van der Waals surface area contributed by atoms with Crippen molar-refractivity contribution in [1.82, 2.24) is 4.90 Å². The number of amidine groups is 1. The molecule has 1 heterocycles. The topological polar surface area (TPSA) is 71.1 Å². The molecule has 0 aromatic heterocycles. The maximum absolute atomic E-state index is 8.72. The summed E-state index contributed by atoms with van der Waals surface area (Å²) in [7, 11) is 0. The average molecular weight is 255 g/mol. The van der Waals surface area contributed by atoms with Gasteiger partial charge < -0.3 is 15.7 Å². The molecular formula is C13H25N3O2. The van der Waals surface area contributed by atoms with Crippen LogP contribution in [0, 0.1) is 0 Å². The third-order valence-corrected chi connectivity index (χ3v) is 4.25. The molecule has 2 fully saturated rings. The minimum Gasteiger partial charge on any atom is -0.409 e. The lowest BCUT2D eigenvalue weighted by atomic mass is 9.73. The van der Waals surface area contributed by atoms with Crippen LogP contribution in [0.1, 0.15) is 45.4 Å². The van der Waals surface area contributed by atoms with Crippen molar-refractivity contribution in [3.63, 3.8) is 0 Å². The molecule has 1 saturated heterocycles. The third kappa shape index (κ3) is 2.95. The molecule has 1 aliphatic carbocycles. The van der Waals surface area contributed by atoms with Crippen molar-refractivity contribution < 1.29 is 9.94 Å². The van der Waals surface area contributed by atoms with Crippen LogP contribution in [0.4, 0.5) is 0 Å². The summed E-state index contributed by atoms with van der Waals surface area (Å²) in [5.41, 5.74) is 5.80. The molecule has 1 aliphatic heterocycles. The summed E-state index contributed by atoms with van der Waals surface area (Å²) in [5.74, 6) is 0.303. The highest BCUT2D eigenvalue weighted by atomic mass is 16.5. The number of hydrogen-bond acceptors (Lipinski definition) is 4. The molecule has 104 valence electrons. The fourth-order valence-electron chi connectivity index (χ4n) is 3.15. The Morgan fingerprint density at radius 3 is 2.89 bits per heavy atom. The van der Waals surface area contributed by atoms with E-state index in [1.54, 1.807) is 0 Å². The van der Waals surface area contributed by atoms with Crippen LogP contribution in [-0.4, -0.2) is 47.3 Å². The molecule has 1 spiro atoms. The number of hydrogen-bond donors (Lipinski definition) is 2. The summed E-state index contributed by atoms with van der Waals surface area (Å²) in [6, 6.07) is 0.513. The van der Waals surface area contributed by atoms with Crippen molar-refractivity contribution in [2.24, 2.45) is 10.9 Å². The van der Waals surface area contributed by atoms with Crippen molar-refractivity contribution >= 4 is 5.84 Å². The first kappa shape index (κ1) is 13.6. The van der Waals surface area contributed by atoms with Crippen molar-refractivity contribution in [2.45, 2.75) is 57.1 Å². The minimum atomic E-state index is 0.153. The van der Waals surface area contributed by atoms with E-state index in [1.807, 2.05) is 0 Å². The lowest BCUT2D eigenvalue weighted by Gasteiger charge is -2.49. The number of rotatable bonds is 5. The molecule has 1 atom stereocenters. The van der Waals surface area contributed by atoms with Crippen molar-refractivity contribution in [2.75, 3.05) is 19.7 Å². The number of ether oxygens (including phenoxy) is 1. The smallest absolute Gasteiger partial charge is 0.153 e. The zero-order valence-electron chi connectivity index (χ0n) is 11.3. The molecule has 0 bridgehead atoms. The van der Waals surface area contributed by atoms with E-state index in [1.165, 1.54) is 19.3 Å².